The summed E-state index contributed by atoms with van der Waals surface area (Å²) >= 11 is 3.41. The molecule has 0 saturated heterocycles. The lowest BCUT2D eigenvalue weighted by atomic mass is 10.1. The molecule has 0 aliphatic heterocycles. The standard InChI is InChI=1S/C13H13BrN6/c1-20-7-18-12(19-20)6-16-11-3-2-10(15)9-4-8(14)5-17-13(9)11/h2-5,7,16H,6,15H2,1H3. The molecule has 7 heteroatoms. The van der Waals surface area contributed by atoms with Gasteiger partial charge >= 0.3 is 0 Å². The summed E-state index contributed by atoms with van der Waals surface area (Å²) in [6.45, 7) is 0.539. The third-order valence-electron chi connectivity index (χ3n) is 2.93. The molecule has 0 atom stereocenters. The largest absolute Gasteiger partial charge is 0.398 e. The minimum Gasteiger partial charge on any atom is -0.398 e. The first kappa shape index (κ1) is 12.9. The number of anilines is 2. The van der Waals surface area contributed by atoms with E-state index in [1.165, 1.54) is 0 Å². The monoisotopic (exact) mass is 332 g/mol. The maximum Gasteiger partial charge on any atom is 0.169 e. The molecule has 0 unspecified atom stereocenters. The van der Waals surface area contributed by atoms with E-state index in [0.29, 0.717) is 12.2 Å². The first-order valence-electron chi connectivity index (χ1n) is 6.05. The van der Waals surface area contributed by atoms with Crippen LogP contribution in [0.25, 0.3) is 10.9 Å². The van der Waals surface area contributed by atoms with E-state index in [9.17, 15) is 0 Å². The van der Waals surface area contributed by atoms with E-state index < -0.39 is 0 Å². The van der Waals surface area contributed by atoms with Crippen molar-refractivity contribution in [3.05, 3.63) is 41.0 Å². The zero-order valence-corrected chi connectivity index (χ0v) is 12.4. The molecule has 0 amide bonds. The number of fused-ring (bicyclic) bond motifs is 1. The topological polar surface area (TPSA) is 81.7 Å². The van der Waals surface area contributed by atoms with Crippen molar-refractivity contribution in [2.75, 3.05) is 11.1 Å². The number of pyridine rings is 1. The molecule has 1 aromatic carbocycles. The number of aromatic nitrogens is 4. The van der Waals surface area contributed by atoms with Gasteiger partial charge in [-0.15, -0.1) is 0 Å². The van der Waals surface area contributed by atoms with Gasteiger partial charge in [0.1, 0.15) is 6.33 Å². The van der Waals surface area contributed by atoms with Crippen molar-refractivity contribution in [3.8, 4) is 0 Å². The Morgan fingerprint density at radius 3 is 2.95 bits per heavy atom. The van der Waals surface area contributed by atoms with Crippen LogP contribution in [0.4, 0.5) is 11.4 Å². The van der Waals surface area contributed by atoms with Crippen molar-refractivity contribution < 1.29 is 0 Å². The molecule has 102 valence electrons. The van der Waals surface area contributed by atoms with Crippen LogP contribution in [0.3, 0.4) is 0 Å². The van der Waals surface area contributed by atoms with Gasteiger partial charge in [-0.05, 0) is 34.1 Å². The van der Waals surface area contributed by atoms with Crippen molar-refractivity contribution in [1.82, 2.24) is 19.7 Å². The second-order valence-electron chi connectivity index (χ2n) is 4.44. The molecule has 3 N–H and O–H groups in total. The molecule has 2 aromatic heterocycles. The average molecular weight is 333 g/mol. The smallest absolute Gasteiger partial charge is 0.169 e. The van der Waals surface area contributed by atoms with Gasteiger partial charge in [-0.2, -0.15) is 5.10 Å². The first-order valence-corrected chi connectivity index (χ1v) is 6.85. The van der Waals surface area contributed by atoms with Gasteiger partial charge in [0.05, 0.1) is 17.7 Å². The number of halogens is 1. The molecular formula is C13H13BrN6. The minimum atomic E-state index is 0.539. The number of nitrogens with one attached hydrogen (secondary N) is 1. The summed E-state index contributed by atoms with van der Waals surface area (Å²) in [5.41, 5.74) is 8.44. The minimum absolute atomic E-state index is 0.539. The number of rotatable bonds is 3. The molecular weight excluding hydrogens is 320 g/mol. The summed E-state index contributed by atoms with van der Waals surface area (Å²) in [5, 5.41) is 8.44. The van der Waals surface area contributed by atoms with Gasteiger partial charge in [0.2, 0.25) is 0 Å². The molecule has 0 aliphatic carbocycles. The Hall–Kier alpha value is -2.15. The molecule has 0 saturated carbocycles. The third kappa shape index (κ3) is 2.44. The number of hydrogen-bond donors (Lipinski definition) is 2. The summed E-state index contributed by atoms with van der Waals surface area (Å²) < 4.78 is 2.58. The molecule has 6 nitrogen and oxygen atoms in total. The van der Waals surface area contributed by atoms with E-state index in [4.69, 9.17) is 5.73 Å². The molecule has 0 radical (unpaired) electrons. The van der Waals surface area contributed by atoms with E-state index in [-0.39, 0.29) is 0 Å². The lowest BCUT2D eigenvalue weighted by Gasteiger charge is -2.09. The molecule has 2 heterocycles. The predicted molar refractivity (Wildman–Crippen MR) is 82.2 cm³/mol. The van der Waals surface area contributed by atoms with Gasteiger partial charge in [-0.3, -0.25) is 9.67 Å². The number of nitrogen functional groups attached to an aromatic ring is 1. The van der Waals surface area contributed by atoms with Crippen LogP contribution in [0.5, 0.6) is 0 Å². The molecule has 0 fully saturated rings. The predicted octanol–water partition coefficient (Wildman–Crippen LogP) is 2.32. The molecule has 0 spiro atoms. The van der Waals surface area contributed by atoms with E-state index in [1.54, 1.807) is 17.2 Å². The normalized spacial score (nSPS) is 10.9. The van der Waals surface area contributed by atoms with Gasteiger partial charge < -0.3 is 11.1 Å². The van der Waals surface area contributed by atoms with Crippen molar-refractivity contribution in [2.24, 2.45) is 7.05 Å². The lowest BCUT2D eigenvalue weighted by Crippen LogP contribution is -2.04. The van der Waals surface area contributed by atoms with Crippen molar-refractivity contribution >= 4 is 38.2 Å². The van der Waals surface area contributed by atoms with Crippen LogP contribution in [-0.4, -0.2) is 19.7 Å². The Morgan fingerprint density at radius 1 is 1.35 bits per heavy atom. The van der Waals surface area contributed by atoms with Crippen molar-refractivity contribution in [3.63, 3.8) is 0 Å². The zero-order valence-electron chi connectivity index (χ0n) is 10.8. The fourth-order valence-corrected chi connectivity index (χ4v) is 2.33. The molecule has 20 heavy (non-hydrogen) atoms. The molecule has 0 bridgehead atoms. The number of hydrogen-bond acceptors (Lipinski definition) is 5. The Morgan fingerprint density at radius 2 is 2.20 bits per heavy atom. The van der Waals surface area contributed by atoms with Crippen LogP contribution in [0.15, 0.2) is 35.2 Å². The lowest BCUT2D eigenvalue weighted by molar-refractivity contribution is 0.747. The Bertz CT molecular complexity index is 767. The fourth-order valence-electron chi connectivity index (χ4n) is 2.00. The Labute approximate surface area is 124 Å². The highest BCUT2D eigenvalue weighted by atomic mass is 79.9. The second-order valence-corrected chi connectivity index (χ2v) is 5.36. The van der Waals surface area contributed by atoms with Crippen LogP contribution in [0.2, 0.25) is 0 Å². The summed E-state index contributed by atoms with van der Waals surface area (Å²) in [6.07, 6.45) is 3.43. The molecule has 3 aromatic rings. The van der Waals surface area contributed by atoms with Gasteiger partial charge in [-0.1, -0.05) is 0 Å². The van der Waals surface area contributed by atoms with Crippen LogP contribution < -0.4 is 11.1 Å². The SMILES string of the molecule is Cn1cnc(CNc2ccc(N)c3cc(Br)cnc23)n1. The van der Waals surface area contributed by atoms with E-state index in [0.717, 1.165) is 26.9 Å². The maximum atomic E-state index is 5.99. The second kappa shape index (κ2) is 5.09. The summed E-state index contributed by atoms with van der Waals surface area (Å²) in [6, 6.07) is 5.74. The van der Waals surface area contributed by atoms with Crippen LogP contribution in [0, 0.1) is 0 Å². The van der Waals surface area contributed by atoms with Crippen LogP contribution in [0.1, 0.15) is 5.82 Å². The van der Waals surface area contributed by atoms with E-state index >= 15 is 0 Å². The average Bonchev–Trinajstić information content (AvgIpc) is 2.84. The van der Waals surface area contributed by atoms with Crippen molar-refractivity contribution in [2.45, 2.75) is 6.54 Å². The highest BCUT2D eigenvalue weighted by Gasteiger charge is 2.07. The molecule has 0 aliphatic rings. The van der Waals surface area contributed by atoms with Crippen LogP contribution >= 0.6 is 15.9 Å². The highest BCUT2D eigenvalue weighted by Crippen LogP contribution is 2.28. The third-order valence-corrected chi connectivity index (χ3v) is 3.37. The first-order chi connectivity index (χ1) is 9.63. The number of aryl methyl sites for hydroxylation is 1. The number of benzene rings is 1. The summed E-state index contributed by atoms with van der Waals surface area (Å²) in [7, 11) is 1.84. The maximum absolute atomic E-state index is 5.99. The fraction of sp³-hybridized carbons (Fsp3) is 0.154. The highest BCUT2D eigenvalue weighted by molar-refractivity contribution is 9.10. The van der Waals surface area contributed by atoms with Crippen molar-refractivity contribution in [1.29, 1.82) is 0 Å². The zero-order chi connectivity index (χ0) is 14.1. The van der Waals surface area contributed by atoms with E-state index in [1.807, 2.05) is 25.2 Å². The molecule has 3 rings (SSSR count). The number of nitrogens with two attached hydrogens (primary N) is 1. The van der Waals surface area contributed by atoms with Gasteiger partial charge in [-0.25, -0.2) is 4.98 Å². The Balaban J connectivity index is 1.93. The Kier molecular flexibility index (Phi) is 3.27. The summed E-state index contributed by atoms with van der Waals surface area (Å²) in [5.74, 6) is 0.731. The van der Waals surface area contributed by atoms with Gasteiger partial charge in [0, 0.05) is 28.8 Å². The van der Waals surface area contributed by atoms with E-state index in [2.05, 4.69) is 36.3 Å². The van der Waals surface area contributed by atoms with Gasteiger partial charge in [0.15, 0.2) is 5.82 Å². The van der Waals surface area contributed by atoms with Crippen LogP contribution in [-0.2, 0) is 13.6 Å². The quantitative estimate of drug-likeness (QED) is 0.719. The van der Waals surface area contributed by atoms with Gasteiger partial charge in [0.25, 0.3) is 0 Å². The summed E-state index contributed by atoms with van der Waals surface area (Å²) in [4.78, 5) is 8.60. The number of nitrogens with zero attached hydrogens (tertiary/aromatic N) is 4.